The number of imidazole rings is 1. The lowest BCUT2D eigenvalue weighted by Crippen LogP contribution is -2.07. The number of carbonyl (C=O) groups is 1. The van der Waals surface area contributed by atoms with Gasteiger partial charge in [-0.3, -0.25) is 9.36 Å². The Morgan fingerprint density at radius 3 is 2.79 bits per heavy atom. The molecule has 0 aliphatic heterocycles. The molecule has 19 heavy (non-hydrogen) atoms. The van der Waals surface area contributed by atoms with Crippen LogP contribution in [0.2, 0.25) is 0 Å². The summed E-state index contributed by atoms with van der Waals surface area (Å²) in [6, 6.07) is 0. The van der Waals surface area contributed by atoms with E-state index in [0.717, 1.165) is 22.1 Å². The largest absolute Gasteiger partial charge is 0.444 e. The lowest BCUT2D eigenvalue weighted by atomic mass is 10.5. The summed E-state index contributed by atoms with van der Waals surface area (Å²) >= 11 is 1.15. The minimum Gasteiger partial charge on any atom is -0.444 e. The molecule has 0 fully saturated rings. The second-order valence-corrected chi connectivity index (χ2v) is 4.41. The summed E-state index contributed by atoms with van der Waals surface area (Å²) in [5.41, 5.74) is -1.05. The fourth-order valence-electron chi connectivity index (χ4n) is 1.32. The maximum Gasteiger partial charge on any atom is 0.434 e. The first-order valence-electron chi connectivity index (χ1n) is 5.05. The van der Waals surface area contributed by atoms with Gasteiger partial charge in [-0.05, 0) is 0 Å². The number of thiazole rings is 1. The molecule has 0 saturated carbocycles. The van der Waals surface area contributed by atoms with Crippen LogP contribution in [0.25, 0.3) is 10.8 Å². The average Bonchev–Trinajstić information content (AvgIpc) is 2.94. The van der Waals surface area contributed by atoms with E-state index in [2.05, 4.69) is 14.7 Å². The molecule has 0 atom stereocenters. The van der Waals surface area contributed by atoms with E-state index in [1.54, 1.807) is 5.38 Å². The van der Waals surface area contributed by atoms with Gasteiger partial charge < -0.3 is 4.74 Å². The van der Waals surface area contributed by atoms with E-state index in [0.29, 0.717) is 5.01 Å². The monoisotopic (exact) mass is 291 g/mol. The van der Waals surface area contributed by atoms with E-state index < -0.39 is 17.8 Å². The number of carbonyl (C=O) groups excluding carboxylic acids is 1. The predicted molar refractivity (Wildman–Crippen MR) is 60.1 cm³/mol. The molecule has 2 aromatic heterocycles. The van der Waals surface area contributed by atoms with Crippen molar-refractivity contribution < 1.29 is 22.7 Å². The number of halogens is 3. The Bertz CT molecular complexity index is 577. The highest BCUT2D eigenvalue weighted by Gasteiger charge is 2.35. The second kappa shape index (κ2) is 5.00. The first kappa shape index (κ1) is 13.5. The first-order chi connectivity index (χ1) is 8.88. The summed E-state index contributed by atoms with van der Waals surface area (Å²) in [6.45, 7) is 0.831. The normalized spacial score (nSPS) is 11.6. The smallest absolute Gasteiger partial charge is 0.434 e. The molecule has 0 aromatic carbocycles. The summed E-state index contributed by atoms with van der Waals surface area (Å²) in [7, 11) is 0. The van der Waals surface area contributed by atoms with Crippen LogP contribution in [0.1, 0.15) is 12.6 Å². The predicted octanol–water partition coefficient (Wildman–Crippen LogP) is 2.55. The van der Waals surface area contributed by atoms with Gasteiger partial charge in [0.25, 0.3) is 0 Å². The number of ether oxygens (including phenoxy) is 1. The van der Waals surface area contributed by atoms with Crippen molar-refractivity contribution in [2.45, 2.75) is 19.8 Å². The fourth-order valence-corrected chi connectivity index (χ4v) is 1.96. The fraction of sp³-hybridized carbons (Fsp3) is 0.300. The molecule has 0 spiro atoms. The van der Waals surface area contributed by atoms with Crippen molar-refractivity contribution in [3.05, 3.63) is 23.5 Å². The standard InChI is InChI=1S/C10H8F3N3O2S/c1-6(17)18-5-16-4-7(10(11,12)13)15-8(16)9-14-2-3-19-9/h2-4H,5H2,1H3. The molecule has 0 N–H and O–H groups in total. The van der Waals surface area contributed by atoms with Gasteiger partial charge in [-0.2, -0.15) is 13.2 Å². The zero-order chi connectivity index (χ0) is 14.0. The van der Waals surface area contributed by atoms with Crippen LogP contribution in [0.4, 0.5) is 13.2 Å². The Balaban J connectivity index is 2.39. The molecule has 0 radical (unpaired) electrons. The van der Waals surface area contributed by atoms with Gasteiger partial charge in [0.15, 0.2) is 23.3 Å². The Labute approximate surface area is 109 Å². The number of esters is 1. The lowest BCUT2D eigenvalue weighted by Gasteiger charge is -2.05. The number of hydrogen-bond acceptors (Lipinski definition) is 5. The van der Waals surface area contributed by atoms with Crippen LogP contribution in [0, 0.1) is 0 Å². The van der Waals surface area contributed by atoms with E-state index in [1.807, 2.05) is 0 Å². The van der Waals surface area contributed by atoms with E-state index in [-0.39, 0.29) is 12.6 Å². The molecule has 5 nitrogen and oxygen atoms in total. The molecule has 0 unspecified atom stereocenters. The molecule has 0 saturated heterocycles. The van der Waals surface area contributed by atoms with Crippen molar-refractivity contribution in [1.29, 1.82) is 0 Å². The average molecular weight is 291 g/mol. The van der Waals surface area contributed by atoms with Crippen molar-refractivity contribution in [2.24, 2.45) is 0 Å². The van der Waals surface area contributed by atoms with Gasteiger partial charge in [-0.15, -0.1) is 11.3 Å². The summed E-state index contributed by atoms with van der Waals surface area (Å²) in [4.78, 5) is 18.1. The Hall–Kier alpha value is -1.90. The SMILES string of the molecule is CC(=O)OCn1cc(C(F)(F)F)nc1-c1nccs1. The zero-order valence-corrected chi connectivity index (χ0v) is 10.5. The van der Waals surface area contributed by atoms with E-state index >= 15 is 0 Å². The summed E-state index contributed by atoms with van der Waals surface area (Å²) in [5.74, 6) is -0.573. The van der Waals surface area contributed by atoms with E-state index in [1.165, 1.54) is 13.1 Å². The number of hydrogen-bond donors (Lipinski definition) is 0. The maximum absolute atomic E-state index is 12.6. The topological polar surface area (TPSA) is 57.0 Å². The summed E-state index contributed by atoms with van der Waals surface area (Å²) in [6.07, 6.45) is -2.31. The second-order valence-electron chi connectivity index (χ2n) is 3.52. The Morgan fingerprint density at radius 2 is 2.26 bits per heavy atom. The van der Waals surface area contributed by atoms with Gasteiger partial charge in [-0.1, -0.05) is 0 Å². The van der Waals surface area contributed by atoms with Crippen LogP contribution in [-0.2, 0) is 22.4 Å². The van der Waals surface area contributed by atoms with E-state index in [9.17, 15) is 18.0 Å². The van der Waals surface area contributed by atoms with Crippen molar-refractivity contribution in [2.75, 3.05) is 0 Å². The van der Waals surface area contributed by atoms with Gasteiger partial charge in [0.05, 0.1) is 0 Å². The van der Waals surface area contributed by atoms with Crippen molar-refractivity contribution >= 4 is 17.3 Å². The molecule has 0 aliphatic carbocycles. The highest BCUT2D eigenvalue weighted by Crippen LogP contribution is 2.31. The van der Waals surface area contributed by atoms with Crippen molar-refractivity contribution in [3.63, 3.8) is 0 Å². The van der Waals surface area contributed by atoms with E-state index in [4.69, 9.17) is 0 Å². The van der Waals surface area contributed by atoms with Gasteiger partial charge in [0.2, 0.25) is 0 Å². The molecular weight excluding hydrogens is 283 g/mol. The van der Waals surface area contributed by atoms with Crippen LogP contribution in [0.15, 0.2) is 17.8 Å². The minimum atomic E-state index is -4.56. The van der Waals surface area contributed by atoms with Crippen LogP contribution in [0.5, 0.6) is 0 Å². The van der Waals surface area contributed by atoms with Gasteiger partial charge in [-0.25, -0.2) is 9.97 Å². The highest BCUT2D eigenvalue weighted by molar-refractivity contribution is 7.13. The van der Waals surface area contributed by atoms with Crippen LogP contribution < -0.4 is 0 Å². The molecule has 0 amide bonds. The molecule has 2 aromatic rings. The third kappa shape index (κ3) is 3.11. The Morgan fingerprint density at radius 1 is 1.53 bits per heavy atom. The number of nitrogens with zero attached hydrogens (tertiary/aromatic N) is 3. The molecule has 2 rings (SSSR count). The number of alkyl halides is 3. The zero-order valence-electron chi connectivity index (χ0n) is 9.64. The third-order valence-corrected chi connectivity index (χ3v) is 2.87. The van der Waals surface area contributed by atoms with Crippen LogP contribution in [-0.4, -0.2) is 20.5 Å². The van der Waals surface area contributed by atoms with Gasteiger partial charge >= 0.3 is 12.1 Å². The van der Waals surface area contributed by atoms with Gasteiger partial charge in [0.1, 0.15) is 0 Å². The molecular formula is C10H8F3N3O2S. The first-order valence-corrected chi connectivity index (χ1v) is 5.93. The quantitative estimate of drug-likeness (QED) is 0.815. The minimum absolute atomic E-state index is 0.0172. The molecule has 0 bridgehead atoms. The number of aromatic nitrogens is 3. The molecule has 9 heteroatoms. The van der Waals surface area contributed by atoms with Crippen LogP contribution in [0.3, 0.4) is 0 Å². The number of rotatable bonds is 3. The Kier molecular flexibility index (Phi) is 3.56. The molecule has 0 aliphatic rings. The lowest BCUT2D eigenvalue weighted by molar-refractivity contribution is -0.144. The third-order valence-electron chi connectivity index (χ3n) is 2.10. The molecule has 102 valence electrons. The summed E-state index contributed by atoms with van der Waals surface area (Å²) < 4.78 is 43.6. The van der Waals surface area contributed by atoms with Crippen molar-refractivity contribution in [1.82, 2.24) is 14.5 Å². The molecule has 2 heterocycles. The van der Waals surface area contributed by atoms with Crippen LogP contribution >= 0.6 is 11.3 Å². The summed E-state index contributed by atoms with van der Waals surface area (Å²) in [5, 5.41) is 1.94. The highest BCUT2D eigenvalue weighted by atomic mass is 32.1. The van der Waals surface area contributed by atoms with Gasteiger partial charge in [0, 0.05) is 24.7 Å². The maximum atomic E-state index is 12.6. The van der Waals surface area contributed by atoms with Crippen molar-refractivity contribution in [3.8, 4) is 10.8 Å².